The van der Waals surface area contributed by atoms with Crippen LogP contribution in [0, 0.1) is 0 Å². The van der Waals surface area contributed by atoms with Crippen molar-refractivity contribution in [3.05, 3.63) is 131 Å². The van der Waals surface area contributed by atoms with Gasteiger partial charge in [0.05, 0.1) is 62.0 Å². The molecule has 0 bridgehead atoms. The Bertz CT molecular complexity index is 2030. The number of pyridine rings is 2. The zero-order valence-electron chi connectivity index (χ0n) is 25.4. The molecule has 10 nitrogen and oxygen atoms in total. The number of ketones is 2. The summed E-state index contributed by atoms with van der Waals surface area (Å²) in [6.07, 6.45) is 3.40. The number of aromatic nitrogens is 2. The molecule has 0 aliphatic heterocycles. The molecule has 4 heterocycles. The van der Waals surface area contributed by atoms with Crippen LogP contribution in [-0.2, 0) is 9.47 Å². The molecule has 46 heavy (non-hydrogen) atoms. The van der Waals surface area contributed by atoms with E-state index in [1.165, 1.54) is 40.6 Å². The van der Waals surface area contributed by atoms with Crippen LogP contribution in [0.25, 0.3) is 22.2 Å². The molecule has 0 radical (unpaired) electrons. The second-order valence-corrected chi connectivity index (χ2v) is 10.3. The van der Waals surface area contributed by atoms with Crippen molar-refractivity contribution in [3.63, 3.8) is 0 Å². The van der Waals surface area contributed by atoms with Gasteiger partial charge in [-0.15, -0.1) is 0 Å². The van der Waals surface area contributed by atoms with E-state index < -0.39 is 11.9 Å². The number of fused-ring (bicyclic) bond motifs is 2. The summed E-state index contributed by atoms with van der Waals surface area (Å²) in [7, 11) is 5.59. The van der Waals surface area contributed by atoms with E-state index in [4.69, 9.17) is 18.9 Å². The zero-order valence-corrected chi connectivity index (χ0v) is 25.4. The van der Waals surface area contributed by atoms with Gasteiger partial charge in [-0.3, -0.25) is 9.59 Å². The number of carbonyl (C=O) groups excluding carboxylic acids is 4. The van der Waals surface area contributed by atoms with Crippen molar-refractivity contribution in [2.24, 2.45) is 0 Å². The normalized spacial score (nSPS) is 11.0. The number of esters is 2. The van der Waals surface area contributed by atoms with Gasteiger partial charge in [0.2, 0.25) is 11.6 Å². The number of nitrogens with zero attached hydrogens (tertiary/aromatic N) is 2. The fraction of sp³-hybridized carbons (Fsp3) is 0.111. The highest BCUT2D eigenvalue weighted by Crippen LogP contribution is 2.30. The van der Waals surface area contributed by atoms with E-state index >= 15 is 0 Å². The van der Waals surface area contributed by atoms with Gasteiger partial charge in [-0.25, -0.2) is 9.59 Å². The third-order valence-corrected chi connectivity index (χ3v) is 7.82. The molecule has 230 valence electrons. The van der Waals surface area contributed by atoms with Gasteiger partial charge >= 0.3 is 11.9 Å². The second-order valence-electron chi connectivity index (χ2n) is 10.3. The second kappa shape index (κ2) is 12.1. The molecule has 6 aromatic rings. The molecule has 2 aromatic carbocycles. The third kappa shape index (κ3) is 5.15. The lowest BCUT2D eigenvalue weighted by atomic mass is 10.1. The average molecular weight is 617 g/mol. The Balaban J connectivity index is 1.47. The van der Waals surface area contributed by atoms with Crippen molar-refractivity contribution in [2.45, 2.75) is 0 Å². The van der Waals surface area contributed by atoms with Gasteiger partial charge in [-0.1, -0.05) is 24.3 Å². The Kier molecular flexibility index (Phi) is 7.85. The average Bonchev–Trinajstić information content (AvgIpc) is 3.69. The number of methoxy groups -OCH3 is 4. The quantitative estimate of drug-likeness (QED) is 0.146. The van der Waals surface area contributed by atoms with Gasteiger partial charge in [0.15, 0.2) is 0 Å². The summed E-state index contributed by atoms with van der Waals surface area (Å²) in [4.78, 5) is 52.8. The molecule has 0 unspecified atom stereocenters. The smallest absolute Gasteiger partial charge is 0.340 e. The maximum atomic E-state index is 13.6. The van der Waals surface area contributed by atoms with Crippen molar-refractivity contribution in [3.8, 4) is 22.6 Å². The van der Waals surface area contributed by atoms with Gasteiger partial charge in [-0.05, 0) is 71.8 Å². The zero-order chi connectivity index (χ0) is 32.5. The minimum atomic E-state index is -0.602. The molecule has 0 aliphatic carbocycles. The minimum absolute atomic E-state index is 0.209. The maximum Gasteiger partial charge on any atom is 0.340 e. The molecule has 0 fully saturated rings. The van der Waals surface area contributed by atoms with Crippen molar-refractivity contribution in [1.82, 2.24) is 8.80 Å². The topological polar surface area (TPSA) is 114 Å². The highest BCUT2D eigenvalue weighted by Gasteiger charge is 2.24. The molecule has 0 saturated heterocycles. The first kappa shape index (κ1) is 29.9. The monoisotopic (exact) mass is 616 g/mol. The molecule has 0 saturated carbocycles. The first-order valence-corrected chi connectivity index (χ1v) is 14.1. The first-order valence-electron chi connectivity index (χ1n) is 14.1. The lowest BCUT2D eigenvalue weighted by Crippen LogP contribution is -2.05. The van der Waals surface area contributed by atoms with E-state index in [-0.39, 0.29) is 34.1 Å². The van der Waals surface area contributed by atoms with E-state index in [1.54, 1.807) is 94.0 Å². The molecule has 0 spiro atoms. The summed E-state index contributed by atoms with van der Waals surface area (Å²) in [6.45, 7) is 0. The van der Waals surface area contributed by atoms with Gasteiger partial charge in [0.25, 0.3) is 0 Å². The molecular weight excluding hydrogens is 588 g/mol. The van der Waals surface area contributed by atoms with Gasteiger partial charge in [-0.2, -0.15) is 0 Å². The number of rotatable bonds is 9. The number of ether oxygens (including phenoxy) is 4. The molecule has 0 atom stereocenters. The van der Waals surface area contributed by atoms with Gasteiger partial charge in [0.1, 0.15) is 11.5 Å². The van der Waals surface area contributed by atoms with Crippen LogP contribution in [0.1, 0.15) is 52.8 Å². The molecule has 0 amide bonds. The Labute approximate surface area is 263 Å². The molecule has 10 heteroatoms. The largest absolute Gasteiger partial charge is 0.497 e. The Morgan fingerprint density at radius 2 is 0.935 bits per heavy atom. The fourth-order valence-corrected chi connectivity index (χ4v) is 5.48. The van der Waals surface area contributed by atoms with Crippen molar-refractivity contribution in [2.75, 3.05) is 28.4 Å². The predicted molar refractivity (Wildman–Crippen MR) is 169 cm³/mol. The summed E-state index contributed by atoms with van der Waals surface area (Å²) in [6, 6.07) is 23.7. The molecule has 0 aliphatic rings. The van der Waals surface area contributed by atoms with E-state index in [0.29, 0.717) is 44.8 Å². The lowest BCUT2D eigenvalue weighted by Gasteiger charge is -2.09. The number of hydrogen-bond acceptors (Lipinski definition) is 8. The number of benzene rings is 2. The molecule has 0 N–H and O–H groups in total. The van der Waals surface area contributed by atoms with E-state index in [1.807, 2.05) is 0 Å². The Morgan fingerprint density at radius 3 is 1.30 bits per heavy atom. The summed E-state index contributed by atoms with van der Waals surface area (Å²) >= 11 is 0. The van der Waals surface area contributed by atoms with E-state index in [9.17, 15) is 19.2 Å². The summed E-state index contributed by atoms with van der Waals surface area (Å²) in [5.41, 5.74) is 4.03. The van der Waals surface area contributed by atoms with Crippen LogP contribution in [-0.4, -0.2) is 60.7 Å². The van der Waals surface area contributed by atoms with Crippen molar-refractivity contribution >= 4 is 34.5 Å². The van der Waals surface area contributed by atoms with E-state index in [0.717, 1.165) is 0 Å². The first-order chi connectivity index (χ1) is 22.3. The highest BCUT2D eigenvalue weighted by atomic mass is 16.5. The fourth-order valence-electron chi connectivity index (χ4n) is 5.48. The third-order valence-electron chi connectivity index (χ3n) is 7.82. The predicted octanol–water partition coefficient (Wildman–Crippen LogP) is 5.91. The van der Waals surface area contributed by atoms with Gasteiger partial charge < -0.3 is 27.7 Å². The maximum absolute atomic E-state index is 13.6. The highest BCUT2D eigenvalue weighted by molar-refractivity contribution is 6.13. The van der Waals surface area contributed by atoms with Crippen molar-refractivity contribution < 1.29 is 38.1 Å². The molecular formula is C36H28N2O8. The van der Waals surface area contributed by atoms with Gasteiger partial charge in [0, 0.05) is 23.5 Å². The molecule has 6 rings (SSSR count). The summed E-state index contributed by atoms with van der Waals surface area (Å²) in [5, 5.41) is 0. The standard InChI is InChI=1S/C36H28N2O8/c1-43-25-9-5-7-23(15-25)33(39)31-19-27(35(41)45-3)29-17-21(11-13-37(29)31)22-12-14-38-30(18-22)28(36(42)46-4)20-32(38)34(40)24-8-6-10-26(16-24)44-2/h5-20H,1-4H3. The molecule has 4 aromatic heterocycles. The van der Waals surface area contributed by atoms with Crippen LogP contribution in [0.4, 0.5) is 0 Å². The Morgan fingerprint density at radius 1 is 0.522 bits per heavy atom. The van der Waals surface area contributed by atoms with Crippen LogP contribution < -0.4 is 9.47 Å². The van der Waals surface area contributed by atoms with Crippen LogP contribution in [0.5, 0.6) is 11.5 Å². The number of hydrogen-bond donors (Lipinski definition) is 0. The summed E-state index contributed by atoms with van der Waals surface area (Å²) < 4.78 is 23.9. The SMILES string of the molecule is COC(=O)c1cc(C(=O)c2cccc(OC)c2)n2ccc(-c3ccn4c(C(=O)c5cccc(OC)c5)cc(C(=O)OC)c4c3)cc12. The Hall–Kier alpha value is -6.16. The summed E-state index contributed by atoms with van der Waals surface area (Å²) in [5.74, 6) is -0.750. The van der Waals surface area contributed by atoms with Crippen LogP contribution in [0.3, 0.4) is 0 Å². The number of carbonyl (C=O) groups is 4. The van der Waals surface area contributed by atoms with Crippen LogP contribution in [0.15, 0.2) is 97.3 Å². The van der Waals surface area contributed by atoms with Crippen LogP contribution >= 0.6 is 0 Å². The van der Waals surface area contributed by atoms with E-state index in [2.05, 4.69) is 0 Å². The van der Waals surface area contributed by atoms with Crippen LogP contribution in [0.2, 0.25) is 0 Å². The minimum Gasteiger partial charge on any atom is -0.497 e. The lowest BCUT2D eigenvalue weighted by molar-refractivity contribution is 0.0594. The van der Waals surface area contributed by atoms with Crippen molar-refractivity contribution in [1.29, 1.82) is 0 Å².